The van der Waals surface area contributed by atoms with Gasteiger partial charge in [0.15, 0.2) is 0 Å². The van der Waals surface area contributed by atoms with Crippen molar-refractivity contribution in [3.8, 4) is 5.75 Å². The monoisotopic (exact) mass is 280 g/mol. The van der Waals surface area contributed by atoms with Crippen molar-refractivity contribution in [1.29, 1.82) is 0 Å². The number of carbonyl (C=O) groups is 1. The van der Waals surface area contributed by atoms with Crippen LogP contribution in [0.1, 0.15) is 17.3 Å². The molecule has 20 heavy (non-hydrogen) atoms. The van der Waals surface area contributed by atoms with Crippen LogP contribution >= 0.6 is 0 Å². The van der Waals surface area contributed by atoms with Gasteiger partial charge in [0.2, 0.25) is 0 Å². The molecule has 0 aromatic heterocycles. The highest BCUT2D eigenvalue weighted by atomic mass is 16.5. The van der Waals surface area contributed by atoms with E-state index in [9.17, 15) is 9.90 Å². The third kappa shape index (κ3) is 2.71. The van der Waals surface area contributed by atoms with Gasteiger partial charge in [0.05, 0.1) is 32.5 Å². The van der Waals surface area contributed by atoms with Crippen molar-refractivity contribution >= 4 is 11.6 Å². The Balaban J connectivity index is 2.30. The lowest BCUT2D eigenvalue weighted by molar-refractivity contribution is -0.0667. The highest BCUT2D eigenvalue weighted by Crippen LogP contribution is 2.27. The van der Waals surface area contributed by atoms with E-state index < -0.39 is 0 Å². The standard InChI is InChI=1S/C14H20N2O4/c1-9-8-20-10(7-17)6-16(9)14(18)13-11(15)4-3-5-12(13)19-2/h3-5,9-10,17H,6-8,15H2,1-2H3. The molecule has 2 rings (SSSR count). The molecule has 1 aromatic carbocycles. The Morgan fingerprint density at radius 2 is 2.35 bits per heavy atom. The van der Waals surface area contributed by atoms with Crippen molar-refractivity contribution in [3.05, 3.63) is 23.8 Å². The first kappa shape index (κ1) is 14.6. The van der Waals surface area contributed by atoms with E-state index in [1.807, 2.05) is 6.92 Å². The summed E-state index contributed by atoms with van der Waals surface area (Å²) >= 11 is 0. The number of nitrogens with two attached hydrogens (primary N) is 1. The van der Waals surface area contributed by atoms with Crippen LogP contribution in [0.25, 0.3) is 0 Å². The van der Waals surface area contributed by atoms with Gasteiger partial charge in [-0.1, -0.05) is 6.07 Å². The van der Waals surface area contributed by atoms with E-state index in [4.69, 9.17) is 15.2 Å². The summed E-state index contributed by atoms with van der Waals surface area (Å²) < 4.78 is 10.7. The van der Waals surface area contributed by atoms with Gasteiger partial charge in [-0.2, -0.15) is 0 Å². The molecule has 110 valence electrons. The largest absolute Gasteiger partial charge is 0.496 e. The zero-order valence-electron chi connectivity index (χ0n) is 11.7. The number of morpholine rings is 1. The van der Waals surface area contributed by atoms with Crippen molar-refractivity contribution in [3.63, 3.8) is 0 Å². The second kappa shape index (κ2) is 6.11. The summed E-state index contributed by atoms with van der Waals surface area (Å²) in [6, 6.07) is 5.04. The van der Waals surface area contributed by atoms with Crippen LogP contribution in [0.2, 0.25) is 0 Å². The van der Waals surface area contributed by atoms with Crippen molar-refractivity contribution in [1.82, 2.24) is 4.90 Å². The highest BCUT2D eigenvalue weighted by Gasteiger charge is 2.32. The summed E-state index contributed by atoms with van der Waals surface area (Å²) in [6.45, 7) is 2.52. The predicted molar refractivity (Wildman–Crippen MR) is 74.7 cm³/mol. The first-order valence-corrected chi connectivity index (χ1v) is 6.54. The molecule has 6 nitrogen and oxygen atoms in total. The Morgan fingerprint density at radius 1 is 1.60 bits per heavy atom. The third-order valence-corrected chi connectivity index (χ3v) is 3.46. The number of hydrogen-bond donors (Lipinski definition) is 2. The molecule has 1 aromatic rings. The molecule has 0 aliphatic carbocycles. The number of rotatable bonds is 3. The molecule has 1 aliphatic rings. The molecule has 1 amide bonds. The Labute approximate surface area is 118 Å². The van der Waals surface area contributed by atoms with E-state index in [1.165, 1.54) is 7.11 Å². The van der Waals surface area contributed by atoms with Crippen LogP contribution in [0.4, 0.5) is 5.69 Å². The van der Waals surface area contributed by atoms with Crippen LogP contribution in [0.5, 0.6) is 5.75 Å². The number of aliphatic hydroxyl groups is 1. The van der Waals surface area contributed by atoms with Gasteiger partial charge in [-0.25, -0.2) is 0 Å². The fourth-order valence-electron chi connectivity index (χ4n) is 2.30. The lowest BCUT2D eigenvalue weighted by Crippen LogP contribution is -2.52. The molecule has 1 aliphatic heterocycles. The molecule has 2 unspecified atom stereocenters. The molecule has 1 saturated heterocycles. The summed E-state index contributed by atoms with van der Waals surface area (Å²) in [6.07, 6.45) is -0.355. The predicted octanol–water partition coefficient (Wildman–Crippen LogP) is 0.499. The summed E-state index contributed by atoms with van der Waals surface area (Å²) in [5.74, 6) is 0.253. The zero-order chi connectivity index (χ0) is 14.7. The fourth-order valence-corrected chi connectivity index (χ4v) is 2.30. The number of anilines is 1. The van der Waals surface area contributed by atoms with E-state index in [0.717, 1.165) is 0 Å². The average Bonchev–Trinajstić information content (AvgIpc) is 2.46. The number of ether oxygens (including phenoxy) is 2. The topological polar surface area (TPSA) is 85.0 Å². The quantitative estimate of drug-likeness (QED) is 0.788. The van der Waals surface area contributed by atoms with Crippen molar-refractivity contribution < 1.29 is 19.4 Å². The number of aliphatic hydroxyl groups excluding tert-OH is 1. The van der Waals surface area contributed by atoms with Crippen LogP contribution in [-0.4, -0.2) is 54.9 Å². The summed E-state index contributed by atoms with van der Waals surface area (Å²) in [7, 11) is 1.50. The molecule has 2 atom stereocenters. The smallest absolute Gasteiger partial charge is 0.260 e. The number of nitrogen functional groups attached to an aromatic ring is 1. The second-order valence-electron chi connectivity index (χ2n) is 4.87. The third-order valence-electron chi connectivity index (χ3n) is 3.46. The maximum Gasteiger partial charge on any atom is 0.260 e. The van der Waals surface area contributed by atoms with Gasteiger partial charge in [-0.15, -0.1) is 0 Å². The van der Waals surface area contributed by atoms with Crippen molar-refractivity contribution in [2.45, 2.75) is 19.1 Å². The molecule has 0 saturated carbocycles. The molecule has 1 fully saturated rings. The number of amides is 1. The fraction of sp³-hybridized carbons (Fsp3) is 0.500. The Morgan fingerprint density at radius 3 is 3.00 bits per heavy atom. The van der Waals surface area contributed by atoms with E-state index in [2.05, 4.69) is 0 Å². The maximum absolute atomic E-state index is 12.7. The van der Waals surface area contributed by atoms with Crippen molar-refractivity contribution in [2.24, 2.45) is 0 Å². The van der Waals surface area contributed by atoms with Crippen molar-refractivity contribution in [2.75, 3.05) is 32.6 Å². The van der Waals surface area contributed by atoms with Crippen LogP contribution in [-0.2, 0) is 4.74 Å². The minimum atomic E-state index is -0.355. The second-order valence-corrected chi connectivity index (χ2v) is 4.87. The highest BCUT2D eigenvalue weighted by molar-refractivity contribution is 6.02. The first-order chi connectivity index (χ1) is 9.58. The Kier molecular flexibility index (Phi) is 4.46. The summed E-state index contributed by atoms with van der Waals surface area (Å²) in [5, 5.41) is 9.19. The Hall–Kier alpha value is -1.79. The van der Waals surface area contributed by atoms with Crippen LogP contribution in [0.3, 0.4) is 0 Å². The van der Waals surface area contributed by atoms with E-state index >= 15 is 0 Å². The lowest BCUT2D eigenvalue weighted by Gasteiger charge is -2.37. The van der Waals surface area contributed by atoms with Crippen LogP contribution in [0.15, 0.2) is 18.2 Å². The van der Waals surface area contributed by atoms with Gasteiger partial charge < -0.3 is 25.2 Å². The normalized spacial score (nSPS) is 22.6. The van der Waals surface area contributed by atoms with Gasteiger partial charge in [-0.05, 0) is 19.1 Å². The number of carbonyl (C=O) groups excluding carboxylic acids is 1. The van der Waals surface area contributed by atoms with Gasteiger partial charge in [0, 0.05) is 12.2 Å². The Bertz CT molecular complexity index is 492. The van der Waals surface area contributed by atoms with E-state index in [1.54, 1.807) is 23.1 Å². The van der Waals surface area contributed by atoms with Crippen LogP contribution < -0.4 is 10.5 Å². The zero-order valence-corrected chi connectivity index (χ0v) is 11.7. The molecule has 0 radical (unpaired) electrons. The molecular weight excluding hydrogens is 260 g/mol. The summed E-state index contributed by atoms with van der Waals surface area (Å²) in [5.41, 5.74) is 6.65. The first-order valence-electron chi connectivity index (χ1n) is 6.54. The van der Waals surface area contributed by atoms with Gasteiger partial charge in [0.1, 0.15) is 11.3 Å². The molecule has 6 heteroatoms. The number of hydrogen-bond acceptors (Lipinski definition) is 5. The van der Waals surface area contributed by atoms with Crippen LogP contribution in [0, 0.1) is 0 Å². The maximum atomic E-state index is 12.7. The van der Waals surface area contributed by atoms with E-state index in [0.29, 0.717) is 30.2 Å². The lowest BCUT2D eigenvalue weighted by atomic mass is 10.1. The average molecular weight is 280 g/mol. The molecule has 3 N–H and O–H groups in total. The summed E-state index contributed by atoms with van der Waals surface area (Å²) in [4.78, 5) is 14.4. The minimum Gasteiger partial charge on any atom is -0.496 e. The number of benzene rings is 1. The van der Waals surface area contributed by atoms with Gasteiger partial charge >= 0.3 is 0 Å². The van der Waals surface area contributed by atoms with Gasteiger partial charge in [0.25, 0.3) is 5.91 Å². The number of nitrogens with zero attached hydrogens (tertiary/aromatic N) is 1. The molecule has 0 spiro atoms. The van der Waals surface area contributed by atoms with E-state index in [-0.39, 0.29) is 24.7 Å². The number of methoxy groups -OCH3 is 1. The minimum absolute atomic E-state index is 0.0744. The molecule has 1 heterocycles. The molecule has 0 bridgehead atoms. The molecular formula is C14H20N2O4. The van der Waals surface area contributed by atoms with Gasteiger partial charge in [-0.3, -0.25) is 4.79 Å². The SMILES string of the molecule is COc1cccc(N)c1C(=O)N1CC(CO)OCC1C.